The molecule has 2 N–H and O–H groups in total. The van der Waals surface area contributed by atoms with Crippen LogP contribution in [0.15, 0.2) is 23.7 Å². The highest BCUT2D eigenvalue weighted by atomic mass is 16.2. The van der Waals surface area contributed by atoms with Crippen LogP contribution in [0.25, 0.3) is 0 Å². The first kappa shape index (κ1) is 18.2. The Balaban J connectivity index is 1.64. The Bertz CT molecular complexity index is 642. The van der Waals surface area contributed by atoms with Crippen molar-refractivity contribution in [1.29, 1.82) is 0 Å². The van der Waals surface area contributed by atoms with Crippen LogP contribution in [0, 0.1) is 5.92 Å². The Morgan fingerprint density at radius 1 is 1.46 bits per heavy atom. The zero-order valence-corrected chi connectivity index (χ0v) is 15.4. The number of amides is 3. The van der Waals surface area contributed by atoms with Gasteiger partial charge in [-0.2, -0.15) is 0 Å². The van der Waals surface area contributed by atoms with Crippen molar-refractivity contribution in [3.8, 4) is 0 Å². The summed E-state index contributed by atoms with van der Waals surface area (Å²) in [4.78, 5) is 35.6. The van der Waals surface area contributed by atoms with E-state index in [1.807, 2.05) is 25.6 Å². The van der Waals surface area contributed by atoms with Crippen LogP contribution in [-0.4, -0.2) is 76.5 Å². The fraction of sp³-hybridized carbons (Fsp3) is 0.647. The number of imidazole rings is 1. The number of aromatic nitrogens is 2. The molecule has 3 rings (SSSR count). The number of urea groups is 1. The van der Waals surface area contributed by atoms with Crippen molar-refractivity contribution in [2.45, 2.75) is 26.3 Å². The standard InChI is InChI=1S/C17H27N7O2/c1-3-19-16(20-6-9-24-15(25)10-21-17(24)26)22-7-4-13(2)14(11-22)23-8-5-18-12-23/h5,8,12-14H,3-4,6-7,9-11H2,1-2H3,(H,19,20)(H,21,26). The van der Waals surface area contributed by atoms with Gasteiger partial charge in [0, 0.05) is 32.0 Å². The van der Waals surface area contributed by atoms with Crippen molar-refractivity contribution >= 4 is 17.9 Å². The van der Waals surface area contributed by atoms with Gasteiger partial charge in [0.1, 0.15) is 0 Å². The number of aliphatic imine (C=N–C) groups is 1. The van der Waals surface area contributed by atoms with Crippen LogP contribution in [0.2, 0.25) is 0 Å². The zero-order chi connectivity index (χ0) is 18.5. The summed E-state index contributed by atoms with van der Waals surface area (Å²) in [5.74, 6) is 1.20. The largest absolute Gasteiger partial charge is 0.357 e. The molecule has 0 saturated carbocycles. The van der Waals surface area contributed by atoms with Gasteiger partial charge in [-0.25, -0.2) is 9.78 Å². The Kier molecular flexibility index (Phi) is 5.75. The van der Waals surface area contributed by atoms with Crippen LogP contribution >= 0.6 is 0 Å². The molecule has 1 aromatic heterocycles. The van der Waals surface area contributed by atoms with E-state index in [0.717, 1.165) is 32.0 Å². The Morgan fingerprint density at radius 2 is 2.31 bits per heavy atom. The number of carbonyl (C=O) groups is 2. The molecule has 0 spiro atoms. The second-order valence-electron chi connectivity index (χ2n) is 6.73. The second kappa shape index (κ2) is 8.20. The number of nitrogens with one attached hydrogen (secondary N) is 2. The maximum absolute atomic E-state index is 11.7. The topological polar surface area (TPSA) is 94.9 Å². The highest BCUT2D eigenvalue weighted by molar-refractivity contribution is 6.01. The normalized spacial score (nSPS) is 24.2. The molecule has 9 nitrogen and oxygen atoms in total. The first-order valence-electron chi connectivity index (χ1n) is 9.19. The number of piperidine rings is 1. The highest BCUT2D eigenvalue weighted by Crippen LogP contribution is 2.27. The van der Waals surface area contributed by atoms with E-state index in [2.05, 4.69) is 37.0 Å². The molecular weight excluding hydrogens is 334 g/mol. The summed E-state index contributed by atoms with van der Waals surface area (Å²) in [6.07, 6.45) is 6.75. The highest BCUT2D eigenvalue weighted by Gasteiger charge is 2.30. The van der Waals surface area contributed by atoms with Crippen LogP contribution in [0.1, 0.15) is 26.3 Å². The summed E-state index contributed by atoms with van der Waals surface area (Å²) in [5, 5.41) is 5.85. The first-order valence-corrected chi connectivity index (χ1v) is 9.19. The summed E-state index contributed by atoms with van der Waals surface area (Å²) in [6, 6.07) is 0.0169. The molecule has 2 atom stereocenters. The fourth-order valence-corrected chi connectivity index (χ4v) is 3.46. The molecule has 0 bridgehead atoms. The molecule has 0 radical (unpaired) electrons. The lowest BCUT2D eigenvalue weighted by Gasteiger charge is -2.39. The molecule has 2 aliphatic heterocycles. The third kappa shape index (κ3) is 3.97. The Hall–Kier alpha value is -2.58. The van der Waals surface area contributed by atoms with Crippen LogP contribution in [0.4, 0.5) is 4.79 Å². The third-order valence-corrected chi connectivity index (χ3v) is 4.98. The van der Waals surface area contributed by atoms with E-state index in [1.165, 1.54) is 4.90 Å². The van der Waals surface area contributed by atoms with Gasteiger partial charge in [0.05, 0.1) is 32.0 Å². The van der Waals surface area contributed by atoms with Gasteiger partial charge in [0.25, 0.3) is 0 Å². The van der Waals surface area contributed by atoms with Gasteiger partial charge in [-0.3, -0.25) is 14.7 Å². The minimum absolute atomic E-state index is 0.0826. The lowest BCUT2D eigenvalue weighted by Crippen LogP contribution is -2.49. The smallest absolute Gasteiger partial charge is 0.324 e. The monoisotopic (exact) mass is 361 g/mol. The predicted molar refractivity (Wildman–Crippen MR) is 97.7 cm³/mol. The van der Waals surface area contributed by atoms with Gasteiger partial charge in [-0.1, -0.05) is 6.92 Å². The van der Waals surface area contributed by atoms with Crippen LogP contribution in [0.3, 0.4) is 0 Å². The summed E-state index contributed by atoms with van der Waals surface area (Å²) in [7, 11) is 0. The maximum atomic E-state index is 11.7. The molecule has 3 heterocycles. The molecule has 2 aliphatic rings. The van der Waals surface area contributed by atoms with Crippen molar-refractivity contribution in [3.63, 3.8) is 0 Å². The number of nitrogens with zero attached hydrogens (tertiary/aromatic N) is 5. The fourth-order valence-electron chi connectivity index (χ4n) is 3.46. The van der Waals surface area contributed by atoms with Gasteiger partial charge in [0.15, 0.2) is 5.96 Å². The van der Waals surface area contributed by atoms with E-state index < -0.39 is 0 Å². The van der Waals surface area contributed by atoms with E-state index >= 15 is 0 Å². The average molecular weight is 361 g/mol. The second-order valence-corrected chi connectivity index (χ2v) is 6.73. The van der Waals surface area contributed by atoms with Crippen molar-refractivity contribution in [3.05, 3.63) is 18.7 Å². The van der Waals surface area contributed by atoms with Crippen LogP contribution < -0.4 is 10.6 Å². The van der Waals surface area contributed by atoms with Crippen molar-refractivity contribution in [2.24, 2.45) is 10.9 Å². The summed E-state index contributed by atoms with van der Waals surface area (Å²) in [6.45, 7) is 7.63. The molecular formula is C17H27N7O2. The minimum Gasteiger partial charge on any atom is -0.357 e. The van der Waals surface area contributed by atoms with Crippen LogP contribution in [0.5, 0.6) is 0 Å². The number of carbonyl (C=O) groups excluding carboxylic acids is 2. The van der Waals surface area contributed by atoms with E-state index in [1.54, 1.807) is 0 Å². The number of likely N-dealkylation sites (tertiary alicyclic amines) is 1. The van der Waals surface area contributed by atoms with E-state index in [-0.39, 0.29) is 18.5 Å². The quantitative estimate of drug-likeness (QED) is 0.446. The molecule has 0 aromatic carbocycles. The van der Waals surface area contributed by atoms with Crippen molar-refractivity contribution in [2.75, 3.05) is 39.3 Å². The molecule has 142 valence electrons. The average Bonchev–Trinajstić information content (AvgIpc) is 3.27. The molecule has 2 saturated heterocycles. The molecule has 1 aromatic rings. The summed E-state index contributed by atoms with van der Waals surface area (Å²) in [5.41, 5.74) is 0. The Labute approximate surface area is 153 Å². The predicted octanol–water partition coefficient (Wildman–Crippen LogP) is 0.283. The number of rotatable bonds is 5. The van der Waals surface area contributed by atoms with Crippen LogP contribution in [-0.2, 0) is 4.79 Å². The molecule has 26 heavy (non-hydrogen) atoms. The van der Waals surface area contributed by atoms with Gasteiger partial charge in [0.2, 0.25) is 5.91 Å². The molecule has 3 amide bonds. The van der Waals surface area contributed by atoms with Gasteiger partial charge < -0.3 is 20.1 Å². The summed E-state index contributed by atoms with van der Waals surface area (Å²) >= 11 is 0. The lowest BCUT2D eigenvalue weighted by atomic mass is 9.93. The summed E-state index contributed by atoms with van der Waals surface area (Å²) < 4.78 is 2.16. The SMILES string of the molecule is CCNC(=NCCN1C(=O)CNC1=O)N1CCC(C)C(n2ccnc2)C1. The maximum Gasteiger partial charge on any atom is 0.324 e. The number of hydrogen-bond acceptors (Lipinski definition) is 4. The lowest BCUT2D eigenvalue weighted by molar-refractivity contribution is -0.124. The van der Waals surface area contributed by atoms with Crippen molar-refractivity contribution < 1.29 is 9.59 Å². The third-order valence-electron chi connectivity index (χ3n) is 4.98. The van der Waals surface area contributed by atoms with E-state index in [4.69, 9.17) is 0 Å². The minimum atomic E-state index is -0.331. The van der Waals surface area contributed by atoms with Gasteiger partial charge in [-0.05, 0) is 19.3 Å². The molecule has 9 heteroatoms. The van der Waals surface area contributed by atoms with E-state index in [0.29, 0.717) is 25.0 Å². The number of hydrogen-bond donors (Lipinski definition) is 2. The first-order chi connectivity index (χ1) is 12.6. The zero-order valence-electron chi connectivity index (χ0n) is 15.4. The number of guanidine groups is 1. The van der Waals surface area contributed by atoms with Crippen molar-refractivity contribution in [1.82, 2.24) is 30.0 Å². The molecule has 0 aliphatic carbocycles. The van der Waals surface area contributed by atoms with E-state index in [9.17, 15) is 9.59 Å². The molecule has 2 fully saturated rings. The number of imide groups is 1. The van der Waals surface area contributed by atoms with Gasteiger partial charge >= 0.3 is 6.03 Å². The Morgan fingerprint density at radius 3 is 2.96 bits per heavy atom. The molecule has 2 unspecified atom stereocenters. The van der Waals surface area contributed by atoms with Gasteiger partial charge in [-0.15, -0.1) is 0 Å².